The standard InChI is InChI=1S/C31H29ClF3N3O5/c32-20-2-1-18(25(34)13-20)17-42-28-14-22(3-4-24(28)33)43-21-5-8-37(9-6-21)16-29-36-30-26(35)11-19(31(39)40)12-27(30)38(29)15-23-7-10-41-23/h1-4,11-14,21,23H,5-10,15-17H2,(H,39,40)/t23-/m0/s1. The number of imidazole rings is 1. The number of aromatic nitrogens is 2. The number of carboxylic acids is 1. The van der Waals surface area contributed by atoms with Crippen molar-refractivity contribution >= 4 is 28.6 Å². The Morgan fingerprint density at radius 1 is 1.02 bits per heavy atom. The van der Waals surface area contributed by atoms with Crippen LogP contribution in [0.1, 0.15) is 41.0 Å². The summed E-state index contributed by atoms with van der Waals surface area (Å²) in [6, 6.07) is 10.9. The normalized spacial score (nSPS) is 17.6. The van der Waals surface area contributed by atoms with Gasteiger partial charge in [-0.15, -0.1) is 0 Å². The number of carboxylic acid groups (broad SMARTS) is 1. The van der Waals surface area contributed by atoms with Gasteiger partial charge in [0.15, 0.2) is 17.4 Å². The lowest BCUT2D eigenvalue weighted by Gasteiger charge is -2.32. The number of hydrogen-bond donors (Lipinski definition) is 1. The molecule has 0 aliphatic carbocycles. The van der Waals surface area contributed by atoms with Crippen LogP contribution in [0.15, 0.2) is 48.5 Å². The van der Waals surface area contributed by atoms with E-state index in [-0.39, 0.29) is 46.2 Å². The van der Waals surface area contributed by atoms with Crippen LogP contribution >= 0.6 is 11.6 Å². The molecule has 0 radical (unpaired) electrons. The minimum Gasteiger partial charge on any atom is -0.490 e. The van der Waals surface area contributed by atoms with Crippen molar-refractivity contribution < 1.29 is 37.3 Å². The summed E-state index contributed by atoms with van der Waals surface area (Å²) in [7, 11) is 0. The zero-order chi connectivity index (χ0) is 30.1. The molecule has 0 bridgehead atoms. The third kappa shape index (κ3) is 6.58. The van der Waals surface area contributed by atoms with Crippen LogP contribution in [0, 0.1) is 17.5 Å². The van der Waals surface area contributed by atoms with Gasteiger partial charge < -0.3 is 23.9 Å². The van der Waals surface area contributed by atoms with Crippen molar-refractivity contribution in [1.82, 2.24) is 14.5 Å². The Kier molecular flexibility index (Phi) is 8.47. The predicted octanol–water partition coefficient (Wildman–Crippen LogP) is 6.22. The third-order valence-electron chi connectivity index (χ3n) is 7.82. The van der Waals surface area contributed by atoms with Crippen molar-refractivity contribution in [2.75, 3.05) is 19.7 Å². The zero-order valence-corrected chi connectivity index (χ0v) is 23.8. The van der Waals surface area contributed by atoms with Gasteiger partial charge in [0.1, 0.15) is 35.6 Å². The van der Waals surface area contributed by atoms with Gasteiger partial charge in [0, 0.05) is 36.3 Å². The quantitative estimate of drug-likeness (QED) is 0.227. The topological polar surface area (TPSA) is 86.0 Å². The van der Waals surface area contributed by atoms with E-state index in [1.807, 2.05) is 4.57 Å². The van der Waals surface area contributed by atoms with Crippen molar-refractivity contribution in [2.24, 2.45) is 0 Å². The molecule has 43 heavy (non-hydrogen) atoms. The van der Waals surface area contributed by atoms with Gasteiger partial charge in [0.25, 0.3) is 0 Å². The maximum absolute atomic E-state index is 14.8. The molecular weight excluding hydrogens is 587 g/mol. The number of benzene rings is 3. The number of carbonyl (C=O) groups is 1. The van der Waals surface area contributed by atoms with Crippen LogP contribution in [0.5, 0.6) is 11.5 Å². The Morgan fingerprint density at radius 3 is 2.51 bits per heavy atom. The molecular formula is C31H29ClF3N3O5. The van der Waals surface area contributed by atoms with E-state index in [9.17, 15) is 23.1 Å². The monoisotopic (exact) mass is 615 g/mol. The fourth-order valence-electron chi connectivity index (χ4n) is 5.35. The van der Waals surface area contributed by atoms with Crippen molar-refractivity contribution in [3.63, 3.8) is 0 Å². The molecule has 2 aliphatic heterocycles. The Hall–Kier alpha value is -3.80. The highest BCUT2D eigenvalue weighted by atomic mass is 35.5. The second-order valence-corrected chi connectivity index (χ2v) is 11.2. The van der Waals surface area contributed by atoms with Crippen LogP contribution in [-0.2, 0) is 24.4 Å². The van der Waals surface area contributed by atoms with Crippen molar-refractivity contribution in [1.29, 1.82) is 0 Å². The van der Waals surface area contributed by atoms with Gasteiger partial charge in [0.05, 0.1) is 30.3 Å². The molecule has 1 N–H and O–H groups in total. The number of hydrogen-bond acceptors (Lipinski definition) is 6. The molecule has 3 aromatic carbocycles. The third-order valence-corrected chi connectivity index (χ3v) is 8.05. The number of piperidine rings is 1. The van der Waals surface area contributed by atoms with Crippen LogP contribution < -0.4 is 9.47 Å². The Balaban J connectivity index is 1.09. The minimum atomic E-state index is -1.20. The maximum atomic E-state index is 14.8. The van der Waals surface area contributed by atoms with Crippen molar-refractivity contribution in [3.05, 3.63) is 88.0 Å². The molecule has 0 spiro atoms. The number of fused-ring (bicyclic) bond motifs is 1. The predicted molar refractivity (Wildman–Crippen MR) is 152 cm³/mol. The van der Waals surface area contributed by atoms with Crippen molar-refractivity contribution in [2.45, 2.75) is 51.2 Å². The smallest absolute Gasteiger partial charge is 0.335 e. The fourth-order valence-corrected chi connectivity index (χ4v) is 5.51. The molecule has 2 aliphatic rings. The molecule has 0 unspecified atom stereocenters. The molecule has 0 saturated carbocycles. The Bertz CT molecular complexity index is 1650. The van der Waals surface area contributed by atoms with E-state index in [1.54, 1.807) is 0 Å². The molecule has 2 fully saturated rings. The molecule has 6 rings (SSSR count). The first-order chi connectivity index (χ1) is 20.7. The van der Waals surface area contributed by atoms with Gasteiger partial charge in [-0.25, -0.2) is 22.9 Å². The van der Waals surface area contributed by atoms with Crippen LogP contribution in [0.25, 0.3) is 11.0 Å². The molecule has 12 heteroatoms. The lowest BCUT2D eigenvalue weighted by molar-refractivity contribution is -0.0592. The first-order valence-electron chi connectivity index (χ1n) is 14.0. The molecule has 0 amide bonds. The molecule has 3 heterocycles. The Morgan fingerprint density at radius 2 is 1.81 bits per heavy atom. The van der Waals surface area contributed by atoms with E-state index in [0.29, 0.717) is 62.7 Å². The molecule has 8 nitrogen and oxygen atoms in total. The van der Waals surface area contributed by atoms with Gasteiger partial charge in [-0.2, -0.15) is 0 Å². The van der Waals surface area contributed by atoms with E-state index in [0.717, 1.165) is 12.5 Å². The van der Waals surface area contributed by atoms with Crippen LogP contribution in [0.4, 0.5) is 13.2 Å². The van der Waals surface area contributed by atoms with Crippen LogP contribution in [-0.4, -0.2) is 57.4 Å². The second kappa shape index (κ2) is 12.4. The number of ether oxygens (including phenoxy) is 3. The van der Waals surface area contributed by atoms with E-state index >= 15 is 0 Å². The van der Waals surface area contributed by atoms with E-state index in [2.05, 4.69) is 9.88 Å². The summed E-state index contributed by atoms with van der Waals surface area (Å²) in [6.07, 6.45) is 2.10. The van der Waals surface area contributed by atoms with E-state index < -0.39 is 23.4 Å². The molecule has 1 aromatic heterocycles. The summed E-state index contributed by atoms with van der Waals surface area (Å²) >= 11 is 5.79. The number of nitrogens with zero attached hydrogens (tertiary/aromatic N) is 3. The summed E-state index contributed by atoms with van der Waals surface area (Å²) in [4.78, 5) is 18.3. The summed E-state index contributed by atoms with van der Waals surface area (Å²) in [5, 5.41) is 9.70. The van der Waals surface area contributed by atoms with Gasteiger partial charge in [-0.05, 0) is 55.7 Å². The molecule has 4 aromatic rings. The number of halogens is 4. The molecule has 1 atom stereocenters. The average molecular weight is 616 g/mol. The van der Waals surface area contributed by atoms with Gasteiger partial charge in [0.2, 0.25) is 0 Å². The van der Waals surface area contributed by atoms with Gasteiger partial charge >= 0.3 is 5.97 Å². The summed E-state index contributed by atoms with van der Waals surface area (Å²) < 4.78 is 62.5. The average Bonchev–Trinajstić information content (AvgIpc) is 3.30. The number of rotatable bonds is 10. The maximum Gasteiger partial charge on any atom is 0.335 e. The van der Waals surface area contributed by atoms with Crippen molar-refractivity contribution in [3.8, 4) is 11.5 Å². The Labute approximate surface area is 250 Å². The van der Waals surface area contributed by atoms with Gasteiger partial charge in [-0.3, -0.25) is 4.90 Å². The lowest BCUT2D eigenvalue weighted by atomic mass is 10.1. The first kappa shape index (κ1) is 29.3. The van der Waals surface area contributed by atoms with Crippen LogP contribution in [0.2, 0.25) is 5.02 Å². The zero-order valence-electron chi connectivity index (χ0n) is 23.1. The molecule has 2 saturated heterocycles. The number of likely N-dealkylation sites (tertiary alicyclic amines) is 1. The largest absolute Gasteiger partial charge is 0.490 e. The fraction of sp³-hybridized carbons (Fsp3) is 0.355. The van der Waals surface area contributed by atoms with Crippen LogP contribution in [0.3, 0.4) is 0 Å². The number of aromatic carboxylic acids is 1. The summed E-state index contributed by atoms with van der Waals surface area (Å²) in [5.74, 6) is -1.95. The SMILES string of the molecule is O=C(O)c1cc(F)c2nc(CN3CCC(Oc4ccc(F)c(OCc5ccc(Cl)cc5F)c4)CC3)n(C[C@@H]3CCO3)c2c1. The highest BCUT2D eigenvalue weighted by molar-refractivity contribution is 6.30. The summed E-state index contributed by atoms with van der Waals surface area (Å²) in [5.41, 5.74) is 0.706. The highest BCUT2D eigenvalue weighted by Crippen LogP contribution is 2.29. The van der Waals surface area contributed by atoms with E-state index in [4.69, 9.17) is 25.8 Å². The minimum absolute atomic E-state index is 0.0263. The first-order valence-corrected chi connectivity index (χ1v) is 14.4. The summed E-state index contributed by atoms with van der Waals surface area (Å²) in [6.45, 7) is 2.77. The van der Waals surface area contributed by atoms with Gasteiger partial charge in [-0.1, -0.05) is 17.7 Å². The highest BCUT2D eigenvalue weighted by Gasteiger charge is 2.27. The molecule has 226 valence electrons. The van der Waals surface area contributed by atoms with E-state index in [1.165, 1.54) is 42.5 Å². The second-order valence-electron chi connectivity index (χ2n) is 10.8. The lowest BCUT2D eigenvalue weighted by Crippen LogP contribution is -2.39.